The summed E-state index contributed by atoms with van der Waals surface area (Å²) in [6.07, 6.45) is 1.51. The topological polar surface area (TPSA) is 114 Å². The zero-order valence-electron chi connectivity index (χ0n) is 17.8. The molecule has 2 heterocycles. The van der Waals surface area contributed by atoms with Crippen LogP contribution in [-0.2, 0) is 6.42 Å². The predicted molar refractivity (Wildman–Crippen MR) is 122 cm³/mol. The van der Waals surface area contributed by atoms with Crippen molar-refractivity contribution in [3.8, 4) is 11.3 Å². The Balaban J connectivity index is 0.000000280. The number of aliphatic hydroxyl groups is 2. The Morgan fingerprint density at radius 1 is 0.767 bits per heavy atom. The normalized spacial score (nSPS) is 9.50. The van der Waals surface area contributed by atoms with Gasteiger partial charge in [-0.1, -0.05) is 42.5 Å². The smallest absolute Gasteiger partial charge is 0.0841 e. The van der Waals surface area contributed by atoms with Gasteiger partial charge in [-0.05, 0) is 51.0 Å². The van der Waals surface area contributed by atoms with Crippen LogP contribution >= 0.6 is 0 Å². The average Bonchev–Trinajstić information content (AvgIpc) is 2.80. The van der Waals surface area contributed by atoms with Crippen molar-refractivity contribution in [2.75, 3.05) is 13.7 Å². The summed E-state index contributed by atoms with van der Waals surface area (Å²) in [4.78, 5) is 8.69. The first-order valence-corrected chi connectivity index (χ1v) is 9.66. The summed E-state index contributed by atoms with van der Waals surface area (Å²) >= 11 is 0. The Morgan fingerprint density at radius 2 is 1.33 bits per heavy atom. The number of aromatic nitrogens is 2. The molecule has 0 spiro atoms. The van der Waals surface area contributed by atoms with Gasteiger partial charge in [0.15, 0.2) is 0 Å². The molecule has 0 unspecified atom stereocenters. The van der Waals surface area contributed by atoms with E-state index in [1.54, 1.807) is 13.8 Å². The van der Waals surface area contributed by atoms with E-state index in [1.165, 1.54) is 0 Å². The minimum absolute atomic E-state index is 0.190. The minimum Gasteiger partial charge on any atom is -0.400 e. The number of pyridine rings is 2. The van der Waals surface area contributed by atoms with E-state index in [9.17, 15) is 0 Å². The molecule has 0 saturated heterocycles. The van der Waals surface area contributed by atoms with Crippen molar-refractivity contribution in [1.29, 1.82) is 10.8 Å². The highest BCUT2D eigenvalue weighted by atomic mass is 16.3. The molecule has 6 nitrogen and oxygen atoms in total. The van der Waals surface area contributed by atoms with Gasteiger partial charge in [0.25, 0.3) is 0 Å². The number of hydrogen-bond donors (Lipinski definition) is 4. The van der Waals surface area contributed by atoms with Crippen LogP contribution in [0.5, 0.6) is 0 Å². The van der Waals surface area contributed by atoms with Crippen molar-refractivity contribution in [1.82, 2.24) is 9.97 Å². The third-order valence-corrected chi connectivity index (χ3v) is 3.98. The molecule has 0 aliphatic carbocycles. The van der Waals surface area contributed by atoms with Crippen LogP contribution < -0.4 is 0 Å². The second-order valence-corrected chi connectivity index (χ2v) is 6.37. The lowest BCUT2D eigenvalue weighted by Gasteiger charge is -2.02. The lowest BCUT2D eigenvalue weighted by Crippen LogP contribution is -2.00. The number of aryl methyl sites for hydroxylation is 1. The van der Waals surface area contributed by atoms with E-state index in [0.717, 1.165) is 48.3 Å². The fourth-order valence-electron chi connectivity index (χ4n) is 2.50. The number of aliphatic hydroxyl groups excluding tert-OH is 2. The van der Waals surface area contributed by atoms with Gasteiger partial charge in [-0.3, -0.25) is 4.98 Å². The molecule has 6 heteroatoms. The molecule has 0 saturated carbocycles. The fourth-order valence-corrected chi connectivity index (χ4v) is 2.50. The molecule has 0 aliphatic heterocycles. The fraction of sp³-hybridized carbons (Fsp3) is 0.250. The molecule has 1 aromatic carbocycles. The highest BCUT2D eigenvalue weighted by Gasteiger charge is 2.01. The molecule has 3 aromatic rings. The molecule has 0 atom stereocenters. The molecular weight excluding hydrogens is 376 g/mol. The van der Waals surface area contributed by atoms with Gasteiger partial charge in [0.2, 0.25) is 0 Å². The van der Waals surface area contributed by atoms with E-state index in [2.05, 4.69) is 9.97 Å². The van der Waals surface area contributed by atoms with E-state index in [1.807, 2.05) is 66.7 Å². The molecule has 2 aromatic heterocycles. The first-order valence-electron chi connectivity index (χ1n) is 9.66. The maximum Gasteiger partial charge on any atom is 0.0841 e. The summed E-state index contributed by atoms with van der Waals surface area (Å²) in [7, 11) is 1.00. The van der Waals surface area contributed by atoms with Crippen LogP contribution in [0.25, 0.3) is 11.3 Å². The molecule has 158 valence electrons. The molecule has 4 N–H and O–H groups in total. The Morgan fingerprint density at radius 3 is 1.90 bits per heavy atom. The second kappa shape index (κ2) is 13.9. The molecule has 0 aliphatic rings. The van der Waals surface area contributed by atoms with E-state index in [0.29, 0.717) is 11.4 Å². The zero-order chi connectivity index (χ0) is 22.4. The largest absolute Gasteiger partial charge is 0.400 e. The highest BCUT2D eigenvalue weighted by molar-refractivity contribution is 5.95. The van der Waals surface area contributed by atoms with Gasteiger partial charge in [0.1, 0.15) is 0 Å². The van der Waals surface area contributed by atoms with Crippen LogP contribution in [0.2, 0.25) is 0 Å². The number of rotatable bonds is 6. The highest BCUT2D eigenvalue weighted by Crippen LogP contribution is 2.16. The number of nitrogens with one attached hydrogen (secondary N) is 2. The van der Waals surface area contributed by atoms with Crippen molar-refractivity contribution >= 4 is 11.4 Å². The van der Waals surface area contributed by atoms with E-state index >= 15 is 0 Å². The second-order valence-electron chi connectivity index (χ2n) is 6.37. The van der Waals surface area contributed by atoms with Crippen LogP contribution in [0.15, 0.2) is 66.7 Å². The summed E-state index contributed by atoms with van der Waals surface area (Å²) in [6.45, 7) is 3.66. The van der Waals surface area contributed by atoms with Crippen molar-refractivity contribution < 1.29 is 10.2 Å². The third-order valence-electron chi connectivity index (χ3n) is 3.98. The number of benzene rings is 1. The average molecular weight is 407 g/mol. The molecule has 0 amide bonds. The summed E-state index contributed by atoms with van der Waals surface area (Å²) < 4.78 is 0. The molecule has 0 bridgehead atoms. The zero-order valence-corrected chi connectivity index (χ0v) is 17.8. The first-order chi connectivity index (χ1) is 14.5. The summed E-state index contributed by atoms with van der Waals surface area (Å²) in [6, 6.07) is 21.4. The Hall–Kier alpha value is -3.22. The standard InChI is InChI=1S/C13H12N2.C10H14N2O.CH4O/c1-10(14)12-8-5-9-13(15-12)11-6-3-2-4-7-11;1-8(11)10-6-2-4-9(12-10)5-3-7-13;1-2/h2-9,14H,1H3;2,4,6,11,13H,3,5,7H2,1H3;2H,1H3. The summed E-state index contributed by atoms with van der Waals surface area (Å²) in [5.41, 5.74) is 5.36. The van der Waals surface area contributed by atoms with Crippen LogP contribution in [0.4, 0.5) is 0 Å². The number of nitrogens with zero attached hydrogens (tertiary/aromatic N) is 2. The van der Waals surface area contributed by atoms with Gasteiger partial charge in [-0.2, -0.15) is 0 Å². The van der Waals surface area contributed by atoms with E-state index < -0.39 is 0 Å². The van der Waals surface area contributed by atoms with Crippen molar-refractivity contribution in [3.63, 3.8) is 0 Å². The van der Waals surface area contributed by atoms with Crippen LogP contribution in [0, 0.1) is 10.8 Å². The van der Waals surface area contributed by atoms with Gasteiger partial charge in [0.05, 0.1) is 28.5 Å². The van der Waals surface area contributed by atoms with E-state index in [4.69, 9.17) is 21.0 Å². The summed E-state index contributed by atoms with van der Waals surface area (Å²) in [5, 5.41) is 30.6. The molecular formula is C24H30N4O2. The third kappa shape index (κ3) is 8.43. The van der Waals surface area contributed by atoms with Crippen LogP contribution in [-0.4, -0.2) is 45.3 Å². The van der Waals surface area contributed by atoms with Crippen LogP contribution in [0.3, 0.4) is 0 Å². The maximum atomic E-state index is 8.64. The SMILES string of the molecule is CC(=N)c1cccc(-c2ccccc2)n1.CC(=N)c1cccc(CCCO)n1.CO. The van der Waals surface area contributed by atoms with E-state index in [-0.39, 0.29) is 6.61 Å². The van der Waals surface area contributed by atoms with Crippen molar-refractivity contribution in [3.05, 3.63) is 83.8 Å². The lowest BCUT2D eigenvalue weighted by atomic mass is 10.1. The van der Waals surface area contributed by atoms with Gasteiger partial charge >= 0.3 is 0 Å². The maximum absolute atomic E-state index is 8.64. The quantitative estimate of drug-likeness (QED) is 0.461. The number of hydrogen-bond acceptors (Lipinski definition) is 6. The van der Waals surface area contributed by atoms with Crippen molar-refractivity contribution in [2.45, 2.75) is 26.7 Å². The predicted octanol–water partition coefficient (Wildman–Crippen LogP) is 4.14. The minimum atomic E-state index is 0.190. The Bertz CT molecular complexity index is 927. The monoisotopic (exact) mass is 406 g/mol. The lowest BCUT2D eigenvalue weighted by molar-refractivity contribution is 0.288. The van der Waals surface area contributed by atoms with Gasteiger partial charge < -0.3 is 21.0 Å². The molecule has 3 rings (SSSR count). The van der Waals surface area contributed by atoms with Crippen molar-refractivity contribution in [2.24, 2.45) is 0 Å². The Kier molecular flexibility index (Phi) is 11.5. The van der Waals surface area contributed by atoms with Gasteiger partial charge in [0, 0.05) is 25.0 Å². The van der Waals surface area contributed by atoms with Gasteiger partial charge in [-0.15, -0.1) is 0 Å². The summed E-state index contributed by atoms with van der Waals surface area (Å²) in [5.74, 6) is 0. The molecule has 0 radical (unpaired) electrons. The first kappa shape index (κ1) is 24.8. The van der Waals surface area contributed by atoms with Crippen LogP contribution in [0.1, 0.15) is 37.4 Å². The molecule has 0 fully saturated rings. The Labute approximate surface area is 178 Å². The molecule has 30 heavy (non-hydrogen) atoms. The van der Waals surface area contributed by atoms with Gasteiger partial charge in [-0.25, -0.2) is 4.98 Å².